The fraction of sp³-hybridized carbons (Fsp3) is 0.0714. The summed E-state index contributed by atoms with van der Waals surface area (Å²) in [6, 6.07) is 26.8. The van der Waals surface area contributed by atoms with E-state index in [0.29, 0.717) is 23.4 Å². The summed E-state index contributed by atoms with van der Waals surface area (Å²) in [5, 5.41) is 17.7. The molecular weight excluding hydrogens is 424 g/mol. The first-order chi connectivity index (χ1) is 16.7. The smallest absolute Gasteiger partial charge is 0.319 e. The third-order valence-electron chi connectivity index (χ3n) is 5.74. The summed E-state index contributed by atoms with van der Waals surface area (Å²) in [6.07, 6.45) is 4.30. The quantitative estimate of drug-likeness (QED) is 0.258. The minimum absolute atomic E-state index is 0.196. The molecule has 0 atom stereocenters. The number of aromatic hydroxyl groups is 1. The van der Waals surface area contributed by atoms with E-state index in [1.165, 1.54) is 5.56 Å². The third-order valence-corrected chi connectivity index (χ3v) is 5.74. The van der Waals surface area contributed by atoms with Crippen molar-refractivity contribution in [3.8, 4) is 28.1 Å². The summed E-state index contributed by atoms with van der Waals surface area (Å²) in [4.78, 5) is 19.7. The number of amides is 2. The van der Waals surface area contributed by atoms with Gasteiger partial charge in [-0.1, -0.05) is 54.6 Å². The number of hydrogen-bond acceptors (Lipinski definition) is 3. The van der Waals surface area contributed by atoms with Crippen LogP contribution in [0.15, 0.2) is 97.3 Å². The van der Waals surface area contributed by atoms with Crippen molar-refractivity contribution < 1.29 is 9.90 Å². The van der Waals surface area contributed by atoms with Crippen molar-refractivity contribution >= 4 is 22.6 Å². The van der Waals surface area contributed by atoms with E-state index in [1.807, 2.05) is 84.9 Å². The van der Waals surface area contributed by atoms with Crippen LogP contribution in [0.3, 0.4) is 0 Å². The number of hydrogen-bond donors (Lipinski definition) is 4. The number of phenols is 1. The van der Waals surface area contributed by atoms with Crippen LogP contribution in [-0.4, -0.2) is 27.7 Å². The number of fused-ring (bicyclic) bond motifs is 1. The predicted molar refractivity (Wildman–Crippen MR) is 136 cm³/mol. The summed E-state index contributed by atoms with van der Waals surface area (Å²) in [6.45, 7) is 0.554. The van der Waals surface area contributed by atoms with Gasteiger partial charge >= 0.3 is 6.03 Å². The number of carbonyl (C=O) groups excluding carboxylic acids is 1. The number of nitrogens with zero attached hydrogens (tertiary/aromatic N) is 1. The lowest BCUT2D eigenvalue weighted by Crippen LogP contribution is -2.30. The summed E-state index contributed by atoms with van der Waals surface area (Å²) >= 11 is 0. The molecule has 3 aromatic carbocycles. The van der Waals surface area contributed by atoms with Crippen molar-refractivity contribution in [2.24, 2.45) is 0 Å². The van der Waals surface area contributed by atoms with E-state index < -0.39 is 0 Å². The Morgan fingerprint density at radius 1 is 0.912 bits per heavy atom. The molecule has 168 valence electrons. The Balaban J connectivity index is 1.27. The summed E-state index contributed by atoms with van der Waals surface area (Å²) in [5.41, 5.74) is 5.94. The number of anilines is 1. The molecule has 6 heteroatoms. The summed E-state index contributed by atoms with van der Waals surface area (Å²) in [5.74, 6) is 0.196. The maximum absolute atomic E-state index is 12.2. The van der Waals surface area contributed by atoms with E-state index in [9.17, 15) is 9.90 Å². The second kappa shape index (κ2) is 9.50. The molecule has 0 radical (unpaired) electrons. The van der Waals surface area contributed by atoms with Crippen LogP contribution < -0.4 is 10.6 Å². The Bertz CT molecular complexity index is 1390. The maximum Gasteiger partial charge on any atom is 0.319 e. The minimum atomic E-state index is -0.248. The first-order valence-corrected chi connectivity index (χ1v) is 11.1. The molecular formula is C28H24N4O2. The monoisotopic (exact) mass is 448 g/mol. The molecule has 0 saturated carbocycles. The van der Waals surface area contributed by atoms with E-state index in [4.69, 9.17) is 0 Å². The second-order valence-corrected chi connectivity index (χ2v) is 8.04. The van der Waals surface area contributed by atoms with Gasteiger partial charge in [0.25, 0.3) is 0 Å². The summed E-state index contributed by atoms with van der Waals surface area (Å²) < 4.78 is 0. The zero-order chi connectivity index (χ0) is 23.3. The number of nitrogens with one attached hydrogen (secondary N) is 3. The fourth-order valence-corrected chi connectivity index (χ4v) is 3.98. The molecule has 0 saturated heterocycles. The van der Waals surface area contributed by atoms with E-state index in [2.05, 4.69) is 20.6 Å². The average molecular weight is 449 g/mol. The number of aromatic amines is 1. The van der Waals surface area contributed by atoms with Crippen molar-refractivity contribution in [2.45, 2.75) is 6.42 Å². The van der Waals surface area contributed by atoms with Crippen molar-refractivity contribution in [1.29, 1.82) is 0 Å². The number of pyridine rings is 1. The van der Waals surface area contributed by atoms with Gasteiger partial charge in [-0.05, 0) is 47.9 Å². The van der Waals surface area contributed by atoms with E-state index in [0.717, 1.165) is 28.6 Å². The molecule has 5 aromatic rings. The molecule has 0 aliphatic carbocycles. The van der Waals surface area contributed by atoms with Crippen LogP contribution in [0.1, 0.15) is 5.56 Å². The van der Waals surface area contributed by atoms with Gasteiger partial charge in [0.15, 0.2) is 0 Å². The average Bonchev–Trinajstić information content (AvgIpc) is 3.29. The van der Waals surface area contributed by atoms with E-state index in [1.54, 1.807) is 12.4 Å². The number of carbonyl (C=O) groups is 1. The van der Waals surface area contributed by atoms with E-state index >= 15 is 0 Å². The highest BCUT2D eigenvalue weighted by atomic mass is 16.3. The van der Waals surface area contributed by atoms with Gasteiger partial charge < -0.3 is 20.7 Å². The lowest BCUT2D eigenvalue weighted by molar-refractivity contribution is 0.252. The van der Waals surface area contributed by atoms with Crippen LogP contribution in [0.5, 0.6) is 5.75 Å². The first-order valence-electron chi connectivity index (χ1n) is 11.1. The highest BCUT2D eigenvalue weighted by molar-refractivity contribution is 5.91. The van der Waals surface area contributed by atoms with Crippen LogP contribution >= 0.6 is 0 Å². The first kappa shape index (κ1) is 21.3. The molecule has 2 heterocycles. The molecule has 0 bridgehead atoms. The second-order valence-electron chi connectivity index (χ2n) is 8.04. The largest absolute Gasteiger partial charge is 0.507 e. The lowest BCUT2D eigenvalue weighted by Gasteiger charge is -2.11. The highest BCUT2D eigenvalue weighted by Crippen LogP contribution is 2.38. The molecule has 0 aliphatic heterocycles. The number of benzene rings is 3. The van der Waals surface area contributed by atoms with Gasteiger partial charge in [0.1, 0.15) is 5.75 Å². The number of H-pyrrole nitrogens is 1. The van der Waals surface area contributed by atoms with Crippen LogP contribution in [0.4, 0.5) is 10.5 Å². The predicted octanol–water partition coefficient (Wildman–Crippen LogP) is 5.97. The van der Waals surface area contributed by atoms with Gasteiger partial charge in [0.2, 0.25) is 0 Å². The maximum atomic E-state index is 12.2. The standard InChI is InChI=1S/C28H24N4O2/c33-27-23(7-4-8-24(27)26-17-21-18-29-15-14-25(21)32-26)20-9-11-22(12-10-20)31-28(34)30-16-13-19-5-2-1-3-6-19/h1-12,14-15,17-18,32-33H,13,16H2,(H2,30,31,34). The van der Waals surface area contributed by atoms with Crippen molar-refractivity contribution in [2.75, 3.05) is 11.9 Å². The molecule has 0 spiro atoms. The van der Waals surface area contributed by atoms with Crippen LogP contribution in [0.2, 0.25) is 0 Å². The Morgan fingerprint density at radius 2 is 1.71 bits per heavy atom. The zero-order valence-corrected chi connectivity index (χ0v) is 18.5. The Morgan fingerprint density at radius 3 is 2.50 bits per heavy atom. The van der Waals surface area contributed by atoms with Gasteiger partial charge in [-0.15, -0.1) is 0 Å². The molecule has 4 N–H and O–H groups in total. The fourth-order valence-electron chi connectivity index (χ4n) is 3.98. The third kappa shape index (κ3) is 4.61. The number of aromatic nitrogens is 2. The van der Waals surface area contributed by atoms with Crippen LogP contribution in [0.25, 0.3) is 33.3 Å². The number of rotatable bonds is 6. The van der Waals surface area contributed by atoms with Gasteiger partial charge in [0.05, 0.1) is 5.69 Å². The lowest BCUT2D eigenvalue weighted by atomic mass is 9.99. The molecule has 6 nitrogen and oxygen atoms in total. The zero-order valence-electron chi connectivity index (χ0n) is 18.5. The van der Waals surface area contributed by atoms with Gasteiger partial charge in [0, 0.05) is 46.7 Å². The van der Waals surface area contributed by atoms with Crippen LogP contribution in [-0.2, 0) is 6.42 Å². The van der Waals surface area contributed by atoms with Crippen LogP contribution in [0, 0.1) is 0 Å². The van der Waals surface area contributed by atoms with Gasteiger partial charge in [-0.25, -0.2) is 4.79 Å². The summed E-state index contributed by atoms with van der Waals surface area (Å²) in [7, 11) is 0. The SMILES string of the molecule is O=C(NCCc1ccccc1)Nc1ccc(-c2cccc(-c3cc4cnccc4[nH]3)c2O)cc1. The normalized spacial score (nSPS) is 10.8. The highest BCUT2D eigenvalue weighted by Gasteiger charge is 2.13. The number of para-hydroxylation sites is 1. The van der Waals surface area contributed by atoms with Gasteiger partial charge in [-0.3, -0.25) is 4.98 Å². The minimum Gasteiger partial charge on any atom is -0.507 e. The Hall–Kier alpha value is -4.58. The molecule has 2 amide bonds. The molecule has 2 aromatic heterocycles. The molecule has 5 rings (SSSR count). The van der Waals surface area contributed by atoms with Crippen molar-refractivity contribution in [3.63, 3.8) is 0 Å². The van der Waals surface area contributed by atoms with E-state index in [-0.39, 0.29) is 11.8 Å². The Kier molecular flexibility index (Phi) is 5.95. The number of phenolic OH excluding ortho intramolecular Hbond substituents is 1. The molecule has 34 heavy (non-hydrogen) atoms. The molecule has 0 fully saturated rings. The number of urea groups is 1. The Labute approximate surface area is 197 Å². The molecule has 0 unspecified atom stereocenters. The van der Waals surface area contributed by atoms with Crippen molar-refractivity contribution in [3.05, 3.63) is 103 Å². The topological polar surface area (TPSA) is 90.0 Å². The van der Waals surface area contributed by atoms with Crippen molar-refractivity contribution in [1.82, 2.24) is 15.3 Å². The van der Waals surface area contributed by atoms with Gasteiger partial charge in [-0.2, -0.15) is 0 Å². The molecule has 0 aliphatic rings.